The maximum absolute atomic E-state index is 13.0. The van der Waals surface area contributed by atoms with Gasteiger partial charge in [-0.1, -0.05) is 208 Å². The number of carbonyl (C=O) groups is 1. The molecule has 7 unspecified atom stereocenters. The summed E-state index contributed by atoms with van der Waals surface area (Å²) >= 11 is 0. The van der Waals surface area contributed by atoms with E-state index in [1.54, 1.807) is 6.08 Å². The second kappa shape index (κ2) is 44.2. The Labute approximate surface area is 391 Å². The van der Waals surface area contributed by atoms with E-state index in [0.717, 1.165) is 89.9 Å². The van der Waals surface area contributed by atoms with Crippen molar-refractivity contribution >= 4 is 5.91 Å². The molecule has 1 saturated heterocycles. The molecule has 1 aliphatic rings. The first-order chi connectivity index (χ1) is 31.3. The predicted octanol–water partition coefficient (Wildman–Crippen LogP) is 11.9. The zero-order chi connectivity index (χ0) is 46.6. The summed E-state index contributed by atoms with van der Waals surface area (Å²) in [6.07, 6.45) is 54.8. The Morgan fingerprint density at radius 2 is 0.969 bits per heavy atom. The summed E-state index contributed by atoms with van der Waals surface area (Å²) in [5, 5.41) is 54.4. The fourth-order valence-electron chi connectivity index (χ4n) is 7.63. The lowest BCUT2D eigenvalue weighted by Crippen LogP contribution is -2.60. The molecule has 64 heavy (non-hydrogen) atoms. The van der Waals surface area contributed by atoms with Gasteiger partial charge in [0.15, 0.2) is 6.29 Å². The molecule has 0 saturated carbocycles. The van der Waals surface area contributed by atoms with E-state index in [0.29, 0.717) is 6.42 Å². The molecule has 1 aliphatic heterocycles. The summed E-state index contributed by atoms with van der Waals surface area (Å²) in [6, 6.07) is -0.824. The smallest absolute Gasteiger partial charge is 0.220 e. The molecular weight excluding hydrogens is 803 g/mol. The van der Waals surface area contributed by atoms with Gasteiger partial charge in [0, 0.05) is 6.42 Å². The van der Waals surface area contributed by atoms with Crippen molar-refractivity contribution in [1.82, 2.24) is 5.32 Å². The standard InChI is InChI=1S/C55H95NO8/c1-3-5-7-9-11-13-15-17-19-21-23-24-25-26-27-29-31-33-35-37-39-41-43-45-51(59)56-48(47-63-55-54(62)53(61)52(60)50(46-57)64-55)49(58)44-42-40-38-36-34-32-30-28-22-20-18-16-14-12-10-8-6-4-2/h5,7,11,13,17,19,23-24,26-27,31,33,42,44,48-50,52-55,57-58,60-62H,3-4,6,8-10,12,14-16,18,20-22,25,28-30,32,34-41,43,45-47H2,1-2H3,(H,56,59)/b7-5-,13-11-,19-17-,24-23-,27-26-,33-31-,44-42+. The second-order valence-electron chi connectivity index (χ2n) is 17.6. The second-order valence-corrected chi connectivity index (χ2v) is 17.6. The summed E-state index contributed by atoms with van der Waals surface area (Å²) in [7, 11) is 0. The van der Waals surface area contributed by atoms with Gasteiger partial charge in [0.05, 0.1) is 25.4 Å². The number of aliphatic hydroxyl groups excluding tert-OH is 5. The third kappa shape index (κ3) is 33.8. The van der Waals surface area contributed by atoms with Crippen LogP contribution < -0.4 is 5.32 Å². The monoisotopic (exact) mass is 898 g/mol. The number of carbonyl (C=O) groups excluding carboxylic acids is 1. The van der Waals surface area contributed by atoms with Crippen LogP contribution in [0, 0.1) is 0 Å². The van der Waals surface area contributed by atoms with Crippen LogP contribution in [-0.2, 0) is 14.3 Å². The maximum atomic E-state index is 13.0. The fraction of sp³-hybridized carbons (Fsp3) is 0.727. The Hall–Kier alpha value is -2.63. The molecule has 7 atom stereocenters. The van der Waals surface area contributed by atoms with E-state index in [1.807, 2.05) is 6.08 Å². The van der Waals surface area contributed by atoms with Crippen molar-refractivity contribution in [2.24, 2.45) is 0 Å². The van der Waals surface area contributed by atoms with Gasteiger partial charge >= 0.3 is 0 Å². The third-order valence-electron chi connectivity index (χ3n) is 11.7. The number of rotatable bonds is 42. The van der Waals surface area contributed by atoms with Crippen LogP contribution in [0.5, 0.6) is 0 Å². The van der Waals surface area contributed by atoms with Gasteiger partial charge in [-0.25, -0.2) is 0 Å². The van der Waals surface area contributed by atoms with Gasteiger partial charge in [0.2, 0.25) is 5.91 Å². The van der Waals surface area contributed by atoms with Crippen LogP contribution >= 0.6 is 0 Å². The largest absolute Gasteiger partial charge is 0.394 e. The van der Waals surface area contributed by atoms with Crippen LogP contribution in [0.15, 0.2) is 85.1 Å². The normalized spacial score (nSPS) is 20.8. The molecule has 1 amide bonds. The molecule has 0 aliphatic carbocycles. The van der Waals surface area contributed by atoms with Crippen molar-refractivity contribution in [1.29, 1.82) is 0 Å². The summed E-state index contributed by atoms with van der Waals surface area (Å²) in [5.41, 5.74) is 0. The number of hydrogen-bond donors (Lipinski definition) is 6. The summed E-state index contributed by atoms with van der Waals surface area (Å²) < 4.78 is 11.2. The molecule has 0 aromatic carbocycles. The lowest BCUT2D eigenvalue weighted by molar-refractivity contribution is -0.302. The minimum absolute atomic E-state index is 0.203. The minimum Gasteiger partial charge on any atom is -0.394 e. The highest BCUT2D eigenvalue weighted by Gasteiger charge is 2.44. The molecule has 1 heterocycles. The van der Waals surface area contributed by atoms with Gasteiger partial charge in [-0.05, 0) is 70.6 Å². The number of aliphatic hydroxyl groups is 5. The van der Waals surface area contributed by atoms with Crippen molar-refractivity contribution in [3.63, 3.8) is 0 Å². The number of hydrogen-bond acceptors (Lipinski definition) is 8. The van der Waals surface area contributed by atoms with Crippen LogP contribution in [0.3, 0.4) is 0 Å². The predicted molar refractivity (Wildman–Crippen MR) is 267 cm³/mol. The van der Waals surface area contributed by atoms with Gasteiger partial charge < -0.3 is 40.3 Å². The van der Waals surface area contributed by atoms with Gasteiger partial charge in [0.25, 0.3) is 0 Å². The number of allylic oxidation sites excluding steroid dienone is 13. The molecule has 0 spiro atoms. The lowest BCUT2D eigenvalue weighted by Gasteiger charge is -2.40. The first-order valence-electron chi connectivity index (χ1n) is 25.8. The molecule has 0 aromatic heterocycles. The number of unbranched alkanes of at least 4 members (excludes halogenated alkanes) is 20. The third-order valence-corrected chi connectivity index (χ3v) is 11.7. The molecular formula is C55H95NO8. The number of ether oxygens (including phenoxy) is 2. The maximum Gasteiger partial charge on any atom is 0.220 e. The molecule has 0 radical (unpaired) electrons. The lowest BCUT2D eigenvalue weighted by atomic mass is 9.99. The highest BCUT2D eigenvalue weighted by atomic mass is 16.7. The average molecular weight is 898 g/mol. The van der Waals surface area contributed by atoms with Gasteiger partial charge in [-0.2, -0.15) is 0 Å². The Morgan fingerprint density at radius 3 is 1.44 bits per heavy atom. The van der Waals surface area contributed by atoms with Crippen LogP contribution in [0.4, 0.5) is 0 Å². The van der Waals surface area contributed by atoms with E-state index >= 15 is 0 Å². The van der Waals surface area contributed by atoms with E-state index < -0.39 is 49.5 Å². The fourth-order valence-corrected chi connectivity index (χ4v) is 7.63. The average Bonchev–Trinajstić information content (AvgIpc) is 3.29. The number of nitrogens with one attached hydrogen (secondary N) is 1. The van der Waals surface area contributed by atoms with Crippen molar-refractivity contribution in [2.45, 2.75) is 243 Å². The van der Waals surface area contributed by atoms with Crippen LogP contribution in [0.25, 0.3) is 0 Å². The molecule has 0 aromatic rings. The van der Waals surface area contributed by atoms with Crippen molar-refractivity contribution < 1.29 is 39.8 Å². The molecule has 6 N–H and O–H groups in total. The van der Waals surface area contributed by atoms with E-state index in [4.69, 9.17) is 9.47 Å². The quantitative estimate of drug-likeness (QED) is 0.0262. The molecule has 1 fully saturated rings. The van der Waals surface area contributed by atoms with Crippen LogP contribution in [-0.4, -0.2) is 87.5 Å². The molecule has 1 rings (SSSR count). The molecule has 368 valence electrons. The first kappa shape index (κ1) is 59.4. The van der Waals surface area contributed by atoms with Crippen molar-refractivity contribution in [3.05, 3.63) is 85.1 Å². The summed E-state index contributed by atoms with van der Waals surface area (Å²) in [6.45, 7) is 3.64. The highest BCUT2D eigenvalue weighted by Crippen LogP contribution is 2.23. The highest BCUT2D eigenvalue weighted by molar-refractivity contribution is 5.76. The Kier molecular flexibility index (Phi) is 41.0. The van der Waals surface area contributed by atoms with Crippen LogP contribution in [0.1, 0.15) is 200 Å². The Balaban J connectivity index is 2.34. The van der Waals surface area contributed by atoms with Crippen LogP contribution in [0.2, 0.25) is 0 Å². The zero-order valence-corrected chi connectivity index (χ0v) is 40.5. The zero-order valence-electron chi connectivity index (χ0n) is 40.5. The van der Waals surface area contributed by atoms with Gasteiger partial charge in [-0.15, -0.1) is 0 Å². The molecule has 9 nitrogen and oxygen atoms in total. The SMILES string of the molecule is CC/C=C\C/C=C\C/C=C\C/C=C\C/C=C\C/C=C\CCCCCCC(=O)NC(COC1OC(CO)C(O)C(O)C1O)C(O)/C=C/CCCCCCCCCCCCCCCCCC. The molecule has 9 heteroatoms. The van der Waals surface area contributed by atoms with E-state index in [2.05, 4.69) is 92.1 Å². The van der Waals surface area contributed by atoms with E-state index in [-0.39, 0.29) is 12.5 Å². The summed E-state index contributed by atoms with van der Waals surface area (Å²) in [5.74, 6) is -0.204. The van der Waals surface area contributed by atoms with Crippen molar-refractivity contribution in [2.75, 3.05) is 13.2 Å². The molecule has 0 bridgehead atoms. The van der Waals surface area contributed by atoms with Gasteiger partial charge in [0.1, 0.15) is 24.4 Å². The first-order valence-corrected chi connectivity index (χ1v) is 25.8. The Morgan fingerprint density at radius 1 is 0.547 bits per heavy atom. The van der Waals surface area contributed by atoms with Crippen molar-refractivity contribution in [3.8, 4) is 0 Å². The topological polar surface area (TPSA) is 149 Å². The summed E-state index contributed by atoms with van der Waals surface area (Å²) in [4.78, 5) is 13.0. The number of amides is 1. The van der Waals surface area contributed by atoms with E-state index in [1.165, 1.54) is 89.9 Å². The van der Waals surface area contributed by atoms with E-state index in [9.17, 15) is 30.3 Å². The Bertz CT molecular complexity index is 1270. The minimum atomic E-state index is -1.58. The van der Waals surface area contributed by atoms with Gasteiger partial charge in [-0.3, -0.25) is 4.79 Å².